The van der Waals surface area contributed by atoms with Gasteiger partial charge in [-0.1, -0.05) is 190 Å². The van der Waals surface area contributed by atoms with Crippen LogP contribution in [0.4, 0.5) is 0 Å². The molecule has 2 atom stereocenters. The molecule has 0 aromatic heterocycles. The van der Waals surface area contributed by atoms with Crippen molar-refractivity contribution in [2.45, 2.75) is 212 Å². The van der Waals surface area contributed by atoms with E-state index in [0.29, 0.717) is 17.4 Å². The molecule has 0 radical (unpaired) electrons. The number of nitrogens with zero attached hydrogens (tertiary/aromatic N) is 1. The zero-order valence-electron chi connectivity index (χ0n) is 40.5. The number of carboxylic acid groups (broad SMARTS) is 1. The van der Waals surface area contributed by atoms with Crippen LogP contribution in [0.2, 0.25) is 0 Å². The summed E-state index contributed by atoms with van der Waals surface area (Å²) in [6.07, 6.45) is 51.6. The molecule has 0 aromatic carbocycles. The van der Waals surface area contributed by atoms with Crippen molar-refractivity contribution in [3.63, 3.8) is 0 Å². The van der Waals surface area contributed by atoms with Gasteiger partial charge in [0.2, 0.25) is 0 Å². The van der Waals surface area contributed by atoms with Gasteiger partial charge in [-0.25, -0.2) is 4.79 Å². The Bertz CT molecular complexity index is 1200. The highest BCUT2D eigenvalue weighted by molar-refractivity contribution is 5.71. The number of quaternary nitrogens is 1. The molecule has 0 rings (SSSR count). The summed E-state index contributed by atoms with van der Waals surface area (Å²) in [5.74, 6) is -2.01. The molecule has 0 aliphatic heterocycles. The fraction of sp³-hybridized carbons (Fsp3) is 0.755. The number of carboxylic acids is 1. The minimum Gasteiger partial charge on any atom is -0.477 e. The summed E-state index contributed by atoms with van der Waals surface area (Å²) in [6.45, 7) is 4.72. The van der Waals surface area contributed by atoms with Crippen LogP contribution in [0.3, 0.4) is 0 Å². The van der Waals surface area contributed by atoms with E-state index in [4.69, 9.17) is 18.9 Å². The van der Waals surface area contributed by atoms with Crippen LogP contribution in [0.5, 0.6) is 0 Å². The first-order valence-corrected chi connectivity index (χ1v) is 25.0. The van der Waals surface area contributed by atoms with Gasteiger partial charge in [-0.15, -0.1) is 0 Å². The number of hydrogen-bond acceptors (Lipinski definition) is 7. The smallest absolute Gasteiger partial charge is 0.361 e. The average molecular weight is 873 g/mol. The Morgan fingerprint density at radius 3 is 1.37 bits per heavy atom. The second-order valence-corrected chi connectivity index (χ2v) is 17.8. The Labute approximate surface area is 380 Å². The summed E-state index contributed by atoms with van der Waals surface area (Å²) in [4.78, 5) is 37.0. The maximum atomic E-state index is 12.8. The lowest BCUT2D eigenvalue weighted by Crippen LogP contribution is -2.40. The number of aliphatic carboxylic acids is 1. The van der Waals surface area contributed by atoms with E-state index in [0.717, 1.165) is 70.6 Å². The first kappa shape index (κ1) is 59.0. The molecule has 0 aliphatic carbocycles. The van der Waals surface area contributed by atoms with Crippen LogP contribution >= 0.6 is 0 Å². The molecular weight excluding hydrogens is 779 g/mol. The number of rotatable bonds is 45. The SMILES string of the molecule is CC/C=C\C/C=C\C/C=C\C/C=C\C/C=C\CCCCCCCCCCCCCCCC(=O)OC(COC(=O)CCCCCCCCCC)COC(OCC[N+](C)(C)C)C(=O)O. The van der Waals surface area contributed by atoms with Gasteiger partial charge in [-0.3, -0.25) is 9.59 Å². The van der Waals surface area contributed by atoms with Crippen molar-refractivity contribution in [2.75, 3.05) is 47.5 Å². The Balaban J connectivity index is 4.14. The Hall–Kier alpha value is -3.01. The number of hydrogen-bond donors (Lipinski definition) is 1. The molecular formula is C53H94NO8+. The maximum absolute atomic E-state index is 12.8. The van der Waals surface area contributed by atoms with Crippen LogP contribution in [0.15, 0.2) is 60.8 Å². The number of carbonyl (C=O) groups excluding carboxylic acids is 2. The maximum Gasteiger partial charge on any atom is 0.361 e. The first-order chi connectivity index (χ1) is 30.1. The summed E-state index contributed by atoms with van der Waals surface area (Å²) in [7, 11) is 5.95. The van der Waals surface area contributed by atoms with E-state index in [9.17, 15) is 19.5 Å². The third kappa shape index (κ3) is 45.0. The van der Waals surface area contributed by atoms with E-state index in [1.165, 1.54) is 103 Å². The van der Waals surface area contributed by atoms with E-state index >= 15 is 0 Å². The van der Waals surface area contributed by atoms with Gasteiger partial charge in [-0.05, 0) is 57.8 Å². The van der Waals surface area contributed by atoms with E-state index < -0.39 is 24.3 Å². The number of carbonyl (C=O) groups is 3. The van der Waals surface area contributed by atoms with Gasteiger partial charge in [0, 0.05) is 12.8 Å². The van der Waals surface area contributed by atoms with Crippen molar-refractivity contribution in [3.05, 3.63) is 60.8 Å². The first-order valence-electron chi connectivity index (χ1n) is 25.0. The zero-order valence-corrected chi connectivity index (χ0v) is 40.5. The van der Waals surface area contributed by atoms with Crippen LogP contribution in [-0.4, -0.2) is 87.4 Å². The van der Waals surface area contributed by atoms with Gasteiger partial charge in [0.05, 0.1) is 34.4 Å². The van der Waals surface area contributed by atoms with Crippen LogP contribution in [0, 0.1) is 0 Å². The second-order valence-electron chi connectivity index (χ2n) is 17.8. The van der Waals surface area contributed by atoms with E-state index in [-0.39, 0.29) is 32.2 Å². The highest BCUT2D eigenvalue weighted by atomic mass is 16.7. The number of allylic oxidation sites excluding steroid dienone is 10. The van der Waals surface area contributed by atoms with Crippen molar-refractivity contribution < 1.29 is 42.9 Å². The lowest BCUT2D eigenvalue weighted by molar-refractivity contribution is -0.870. The summed E-state index contributed by atoms with van der Waals surface area (Å²) in [5.41, 5.74) is 0. The Morgan fingerprint density at radius 2 is 0.919 bits per heavy atom. The fourth-order valence-corrected chi connectivity index (χ4v) is 6.69. The van der Waals surface area contributed by atoms with Gasteiger partial charge in [-0.2, -0.15) is 0 Å². The van der Waals surface area contributed by atoms with Gasteiger partial charge in [0.1, 0.15) is 13.2 Å². The standard InChI is InChI=1S/C53H93NO8/c1-6-8-10-12-14-16-17-18-19-20-21-22-23-24-25-26-27-28-29-30-31-32-33-34-35-36-38-40-42-44-51(56)62-49(48-61-53(52(57)58)59-46-45-54(3,4)5)47-60-50(55)43-41-39-37-15-13-11-9-7-2/h8,10,14,16,18-19,21-22,24-25,49,53H,6-7,9,11-13,15,17,20,23,26-48H2,1-5H3/p+1/b10-8-,16-14-,19-18-,22-21-,25-24-. The minimum atomic E-state index is -1.51. The number of unbranched alkanes of at least 4 members (excludes halogenated alkanes) is 20. The van der Waals surface area contributed by atoms with Crippen LogP contribution in [0.25, 0.3) is 0 Å². The van der Waals surface area contributed by atoms with Crippen LogP contribution in [-0.2, 0) is 33.3 Å². The van der Waals surface area contributed by atoms with Crippen molar-refractivity contribution in [1.29, 1.82) is 0 Å². The molecule has 0 saturated carbocycles. The van der Waals surface area contributed by atoms with Crippen molar-refractivity contribution in [2.24, 2.45) is 0 Å². The molecule has 9 heteroatoms. The van der Waals surface area contributed by atoms with Crippen molar-refractivity contribution in [3.8, 4) is 0 Å². The number of esters is 2. The van der Waals surface area contributed by atoms with Crippen LogP contribution < -0.4 is 0 Å². The normalized spacial score (nSPS) is 13.4. The third-order valence-electron chi connectivity index (χ3n) is 10.5. The molecule has 2 unspecified atom stereocenters. The quantitative estimate of drug-likeness (QED) is 0.0212. The lowest BCUT2D eigenvalue weighted by atomic mass is 10.0. The Kier molecular flexibility index (Phi) is 42.4. The predicted octanol–water partition coefficient (Wildman–Crippen LogP) is 13.7. The molecule has 358 valence electrons. The van der Waals surface area contributed by atoms with Crippen LogP contribution in [0.1, 0.15) is 200 Å². The van der Waals surface area contributed by atoms with Gasteiger partial charge in [0.25, 0.3) is 6.29 Å². The van der Waals surface area contributed by atoms with E-state index in [1.807, 2.05) is 21.1 Å². The molecule has 62 heavy (non-hydrogen) atoms. The lowest BCUT2D eigenvalue weighted by Gasteiger charge is -2.25. The molecule has 1 N–H and O–H groups in total. The highest BCUT2D eigenvalue weighted by Crippen LogP contribution is 2.15. The third-order valence-corrected chi connectivity index (χ3v) is 10.5. The summed E-state index contributed by atoms with van der Waals surface area (Å²) < 4.78 is 22.7. The number of likely N-dealkylation sites (N-methyl/N-ethyl adjacent to an activating group) is 1. The van der Waals surface area contributed by atoms with Gasteiger partial charge < -0.3 is 28.5 Å². The molecule has 9 nitrogen and oxygen atoms in total. The topological polar surface area (TPSA) is 108 Å². The Morgan fingerprint density at radius 1 is 0.500 bits per heavy atom. The van der Waals surface area contributed by atoms with E-state index in [2.05, 4.69) is 74.6 Å². The molecule has 0 amide bonds. The molecule has 0 aromatic rings. The number of ether oxygens (including phenoxy) is 4. The largest absolute Gasteiger partial charge is 0.477 e. The van der Waals surface area contributed by atoms with Crippen molar-refractivity contribution in [1.82, 2.24) is 0 Å². The summed E-state index contributed by atoms with van der Waals surface area (Å²) >= 11 is 0. The summed E-state index contributed by atoms with van der Waals surface area (Å²) in [6, 6.07) is 0. The molecule has 0 heterocycles. The van der Waals surface area contributed by atoms with Crippen molar-refractivity contribution >= 4 is 17.9 Å². The molecule has 0 fully saturated rings. The second kappa shape index (κ2) is 44.6. The highest BCUT2D eigenvalue weighted by Gasteiger charge is 2.25. The minimum absolute atomic E-state index is 0.182. The molecule has 0 saturated heterocycles. The predicted molar refractivity (Wildman–Crippen MR) is 258 cm³/mol. The van der Waals surface area contributed by atoms with E-state index in [1.54, 1.807) is 0 Å². The molecule has 0 spiro atoms. The average Bonchev–Trinajstić information content (AvgIpc) is 3.23. The zero-order chi connectivity index (χ0) is 45.6. The molecule has 0 bridgehead atoms. The van der Waals surface area contributed by atoms with Gasteiger partial charge in [0.15, 0.2) is 6.10 Å². The molecule has 0 aliphatic rings. The fourth-order valence-electron chi connectivity index (χ4n) is 6.69. The monoisotopic (exact) mass is 873 g/mol. The van der Waals surface area contributed by atoms with Gasteiger partial charge >= 0.3 is 17.9 Å². The summed E-state index contributed by atoms with van der Waals surface area (Å²) in [5, 5.41) is 9.63.